The number of nitrogens with zero attached hydrogens (tertiary/aromatic N) is 2. The number of rotatable bonds is 10. The average molecular weight is 530 g/mol. The van der Waals surface area contributed by atoms with E-state index >= 15 is 0 Å². The summed E-state index contributed by atoms with van der Waals surface area (Å²) in [5.41, 5.74) is 1.88. The van der Waals surface area contributed by atoms with Gasteiger partial charge in [0.15, 0.2) is 0 Å². The van der Waals surface area contributed by atoms with Gasteiger partial charge in [0.1, 0.15) is 5.75 Å². The van der Waals surface area contributed by atoms with Gasteiger partial charge in [-0.2, -0.15) is 13.2 Å². The summed E-state index contributed by atoms with van der Waals surface area (Å²) in [5, 5.41) is 2.80. The lowest BCUT2D eigenvalue weighted by atomic mass is 9.94. The Morgan fingerprint density at radius 3 is 2.34 bits per heavy atom. The number of alkyl halides is 3. The summed E-state index contributed by atoms with van der Waals surface area (Å²) in [5.74, 6) is 0.00286. The second kappa shape index (κ2) is 12.9. The molecule has 0 saturated carbocycles. The van der Waals surface area contributed by atoms with E-state index in [-0.39, 0.29) is 38.2 Å². The molecule has 0 aliphatic carbocycles. The lowest BCUT2D eigenvalue weighted by Crippen LogP contribution is -2.39. The Hall–Kier alpha value is -4.08. The molecule has 3 aromatic rings. The molecule has 0 aliphatic rings. The van der Waals surface area contributed by atoms with E-state index in [1.54, 1.807) is 56.6 Å². The van der Waals surface area contributed by atoms with Crippen molar-refractivity contribution in [2.75, 3.05) is 20.3 Å². The molecule has 0 radical (unpaired) electrons. The molecule has 1 N–H and O–H groups in total. The van der Waals surface area contributed by atoms with Crippen LogP contribution in [0.15, 0.2) is 60.9 Å². The number of nitrogens with one attached hydrogen (secondary N) is 1. The minimum Gasteiger partial charge on any atom is -0.496 e. The van der Waals surface area contributed by atoms with Crippen molar-refractivity contribution in [3.63, 3.8) is 0 Å². The fourth-order valence-corrected chi connectivity index (χ4v) is 3.94. The number of carbonyl (C=O) groups is 2. The Morgan fingerprint density at radius 2 is 1.71 bits per heavy atom. The molecular weight excluding hydrogens is 499 g/mol. The lowest BCUT2D eigenvalue weighted by molar-refractivity contribution is -0.142. The van der Waals surface area contributed by atoms with E-state index in [2.05, 4.69) is 10.3 Å². The first-order chi connectivity index (χ1) is 18.2. The monoisotopic (exact) mass is 529 g/mol. The van der Waals surface area contributed by atoms with Gasteiger partial charge in [0.25, 0.3) is 0 Å². The van der Waals surface area contributed by atoms with E-state index in [9.17, 15) is 22.8 Å². The standard InChI is InChI=1S/C28H30F3N3O4/c1-4-34(27(36)33-17-19-10-12-32-13-11-19)18-21-16-22(28(29,30)31)7-8-23(21)24-14-20(6-9-25(24)37-3)15-26(35)38-5-2/h6-14,16H,4-5,15,17-18H2,1-3H3,(H,33,36). The summed E-state index contributed by atoms with van der Waals surface area (Å²) in [4.78, 5) is 30.3. The molecule has 0 saturated heterocycles. The predicted octanol–water partition coefficient (Wildman–Crippen LogP) is 5.61. The second-order valence-electron chi connectivity index (χ2n) is 8.41. The van der Waals surface area contributed by atoms with Gasteiger partial charge in [0, 0.05) is 37.6 Å². The maximum Gasteiger partial charge on any atom is 0.416 e. The smallest absolute Gasteiger partial charge is 0.416 e. The number of benzene rings is 2. The van der Waals surface area contributed by atoms with Crippen molar-refractivity contribution in [1.82, 2.24) is 15.2 Å². The molecule has 0 bridgehead atoms. The van der Waals surface area contributed by atoms with Gasteiger partial charge in [-0.15, -0.1) is 0 Å². The van der Waals surface area contributed by atoms with Crippen molar-refractivity contribution in [1.29, 1.82) is 0 Å². The molecule has 1 aromatic heterocycles. The van der Waals surface area contributed by atoms with Crippen LogP contribution in [0.5, 0.6) is 5.75 Å². The predicted molar refractivity (Wildman–Crippen MR) is 136 cm³/mol. The van der Waals surface area contributed by atoms with Gasteiger partial charge < -0.3 is 19.7 Å². The molecular formula is C28H30F3N3O4. The van der Waals surface area contributed by atoms with E-state index < -0.39 is 23.7 Å². The summed E-state index contributed by atoms with van der Waals surface area (Å²) in [6.45, 7) is 4.12. The Morgan fingerprint density at radius 1 is 0.974 bits per heavy atom. The molecule has 0 spiro atoms. The highest BCUT2D eigenvalue weighted by Crippen LogP contribution is 2.38. The summed E-state index contributed by atoms with van der Waals surface area (Å²) in [6, 6.07) is 11.6. The Balaban J connectivity index is 1.98. The molecule has 0 aliphatic heterocycles. The van der Waals surface area contributed by atoms with E-state index in [4.69, 9.17) is 9.47 Å². The first-order valence-corrected chi connectivity index (χ1v) is 12.1. The van der Waals surface area contributed by atoms with Crippen LogP contribution in [0.4, 0.5) is 18.0 Å². The number of hydrogen-bond acceptors (Lipinski definition) is 5. The van der Waals surface area contributed by atoms with Crippen molar-refractivity contribution < 1.29 is 32.2 Å². The number of urea groups is 1. The third-order valence-electron chi connectivity index (χ3n) is 5.86. The van der Waals surface area contributed by atoms with E-state index in [0.29, 0.717) is 22.4 Å². The molecule has 3 rings (SSSR count). The average Bonchev–Trinajstić information content (AvgIpc) is 2.90. The number of amides is 2. The van der Waals surface area contributed by atoms with E-state index in [1.807, 2.05) is 0 Å². The van der Waals surface area contributed by atoms with Gasteiger partial charge in [0.05, 0.1) is 25.7 Å². The Bertz CT molecular complexity index is 1250. The highest BCUT2D eigenvalue weighted by Gasteiger charge is 2.31. The van der Waals surface area contributed by atoms with Gasteiger partial charge in [0.2, 0.25) is 0 Å². The summed E-state index contributed by atoms with van der Waals surface area (Å²) in [7, 11) is 1.46. The SMILES string of the molecule is CCOC(=O)Cc1ccc(OC)c(-c2ccc(C(F)(F)F)cc2CN(CC)C(=O)NCc2ccncc2)c1. The van der Waals surface area contributed by atoms with Crippen molar-refractivity contribution in [2.45, 2.75) is 39.5 Å². The largest absolute Gasteiger partial charge is 0.496 e. The molecule has 10 heteroatoms. The summed E-state index contributed by atoms with van der Waals surface area (Å²) < 4.78 is 51.4. The molecule has 1 heterocycles. The molecule has 0 atom stereocenters. The minimum absolute atomic E-state index is 0.000695. The normalized spacial score (nSPS) is 11.1. The van der Waals surface area contributed by atoms with Gasteiger partial charge in [-0.1, -0.05) is 12.1 Å². The quantitative estimate of drug-likeness (QED) is 0.345. The number of methoxy groups -OCH3 is 1. The first-order valence-electron chi connectivity index (χ1n) is 12.1. The maximum absolute atomic E-state index is 13.6. The molecule has 7 nitrogen and oxygen atoms in total. The topological polar surface area (TPSA) is 80.8 Å². The Kier molecular flexibility index (Phi) is 9.70. The van der Waals surface area contributed by atoms with Crippen molar-refractivity contribution >= 4 is 12.0 Å². The third kappa shape index (κ3) is 7.47. The maximum atomic E-state index is 13.6. The van der Waals surface area contributed by atoms with Crippen LogP contribution < -0.4 is 10.1 Å². The number of pyridine rings is 1. The zero-order valence-corrected chi connectivity index (χ0v) is 21.5. The minimum atomic E-state index is -4.57. The molecule has 0 fully saturated rings. The molecule has 2 aromatic carbocycles. The van der Waals surface area contributed by atoms with Crippen LogP contribution in [-0.4, -0.2) is 42.1 Å². The second-order valence-corrected chi connectivity index (χ2v) is 8.41. The number of carbonyl (C=O) groups excluding carboxylic acids is 2. The molecule has 2 amide bonds. The highest BCUT2D eigenvalue weighted by atomic mass is 19.4. The fraction of sp³-hybridized carbons (Fsp3) is 0.321. The van der Waals surface area contributed by atoms with Crippen LogP contribution in [0, 0.1) is 0 Å². The van der Waals surface area contributed by atoms with E-state index in [1.165, 1.54) is 18.1 Å². The number of esters is 1. The van der Waals surface area contributed by atoms with Crippen LogP contribution in [0.25, 0.3) is 11.1 Å². The fourth-order valence-electron chi connectivity index (χ4n) is 3.94. The lowest BCUT2D eigenvalue weighted by Gasteiger charge is -2.24. The van der Waals surface area contributed by atoms with Crippen LogP contribution in [-0.2, 0) is 35.2 Å². The number of hydrogen-bond donors (Lipinski definition) is 1. The van der Waals surface area contributed by atoms with Crippen LogP contribution in [0.1, 0.15) is 36.1 Å². The van der Waals surface area contributed by atoms with Crippen molar-refractivity contribution in [3.8, 4) is 16.9 Å². The van der Waals surface area contributed by atoms with Gasteiger partial charge in [-0.05, 0) is 72.5 Å². The number of ether oxygens (including phenoxy) is 2. The highest BCUT2D eigenvalue weighted by molar-refractivity contribution is 5.79. The van der Waals surface area contributed by atoms with Crippen molar-refractivity contribution in [3.05, 3.63) is 83.2 Å². The first kappa shape index (κ1) is 28.5. The van der Waals surface area contributed by atoms with E-state index in [0.717, 1.165) is 17.7 Å². The van der Waals surface area contributed by atoms with Crippen molar-refractivity contribution in [2.24, 2.45) is 0 Å². The van der Waals surface area contributed by atoms with Gasteiger partial charge >= 0.3 is 18.2 Å². The zero-order chi connectivity index (χ0) is 27.7. The van der Waals surface area contributed by atoms with Crippen LogP contribution >= 0.6 is 0 Å². The molecule has 38 heavy (non-hydrogen) atoms. The summed E-state index contributed by atoms with van der Waals surface area (Å²) in [6.07, 6.45) is -1.35. The number of halogens is 3. The zero-order valence-electron chi connectivity index (χ0n) is 21.5. The number of aromatic nitrogens is 1. The third-order valence-corrected chi connectivity index (χ3v) is 5.86. The molecule has 202 valence electrons. The van der Waals surface area contributed by atoms with Gasteiger partial charge in [-0.3, -0.25) is 9.78 Å². The van der Waals surface area contributed by atoms with Gasteiger partial charge in [-0.25, -0.2) is 4.79 Å². The van der Waals surface area contributed by atoms with Crippen LogP contribution in [0.2, 0.25) is 0 Å². The Labute approximate surface area is 219 Å². The summed E-state index contributed by atoms with van der Waals surface area (Å²) >= 11 is 0. The molecule has 0 unspecified atom stereocenters. The van der Waals surface area contributed by atoms with Crippen LogP contribution in [0.3, 0.4) is 0 Å².